The molecule has 0 spiro atoms. The standard InChI is InChI=1S/C55H42N2O/c1-55-50(47-21-12-14-24-52(47)58-55)37-49(42-27-25-40(26-28-42)38-15-5-2-6-16-38)54-53(55)48-22-11-13-23-51(48)57(54)46-35-33-45(34-36-46)56(43-19-9-4-10-20-43)44-31-29-41(30-32-44)39-17-7-3-8-18-39/h2-37,47,50,52H,1H3. The maximum atomic E-state index is 7.18. The Kier molecular flexibility index (Phi) is 8.23. The predicted molar refractivity (Wildman–Crippen MR) is 240 cm³/mol. The van der Waals surface area contributed by atoms with Gasteiger partial charge in [-0.3, -0.25) is 0 Å². The van der Waals surface area contributed by atoms with E-state index in [0.29, 0.717) is 0 Å². The molecule has 278 valence electrons. The van der Waals surface area contributed by atoms with Crippen molar-refractivity contribution in [3.05, 3.63) is 235 Å². The number of nitrogens with zero attached hydrogens (tertiary/aromatic N) is 2. The molecule has 0 saturated carbocycles. The lowest BCUT2D eigenvalue weighted by Crippen LogP contribution is -2.33. The molecule has 3 nitrogen and oxygen atoms in total. The molecule has 1 aliphatic heterocycles. The Bertz CT molecular complexity index is 2850. The average molecular weight is 747 g/mol. The fraction of sp³-hybridized carbons (Fsp3) is 0.0909. The molecule has 58 heavy (non-hydrogen) atoms. The quantitative estimate of drug-likeness (QED) is 0.162. The lowest BCUT2D eigenvalue weighted by atomic mass is 9.69. The van der Waals surface area contributed by atoms with E-state index in [4.69, 9.17) is 4.74 Å². The third-order valence-electron chi connectivity index (χ3n) is 12.4. The number of rotatable bonds is 7. The summed E-state index contributed by atoms with van der Waals surface area (Å²) in [5, 5.41) is 1.23. The van der Waals surface area contributed by atoms with E-state index in [1.54, 1.807) is 0 Å². The van der Waals surface area contributed by atoms with Crippen LogP contribution in [-0.4, -0.2) is 10.7 Å². The monoisotopic (exact) mass is 746 g/mol. The number of hydrogen-bond acceptors (Lipinski definition) is 2. The lowest BCUT2D eigenvalue weighted by Gasteiger charge is -2.36. The molecule has 0 amide bonds. The molecule has 2 heterocycles. The van der Waals surface area contributed by atoms with Crippen LogP contribution >= 0.6 is 0 Å². The van der Waals surface area contributed by atoms with Crippen LogP contribution in [-0.2, 0) is 10.3 Å². The van der Waals surface area contributed by atoms with Gasteiger partial charge in [0.05, 0.1) is 17.3 Å². The molecular formula is C55H42N2O. The van der Waals surface area contributed by atoms with E-state index in [0.717, 1.165) is 22.7 Å². The van der Waals surface area contributed by atoms with Crippen molar-refractivity contribution in [2.24, 2.45) is 11.8 Å². The lowest BCUT2D eigenvalue weighted by molar-refractivity contribution is -0.0270. The second-order valence-electron chi connectivity index (χ2n) is 15.8. The second-order valence-corrected chi connectivity index (χ2v) is 15.8. The molecule has 7 aromatic carbocycles. The number of ether oxygens (including phenoxy) is 1. The number of fused-ring (bicyclic) bond motifs is 7. The SMILES string of the molecule is CC12OC3C=CC=CC3C1C=C(c1ccc(-c3ccccc3)cc1)c1c2c2ccccc2n1-c1ccc(N(c2ccccc2)c2ccc(-c3ccccc3)cc2)cc1. The number of hydrogen-bond donors (Lipinski definition) is 0. The van der Waals surface area contributed by atoms with Crippen LogP contribution in [0.1, 0.15) is 23.7 Å². The smallest absolute Gasteiger partial charge is 0.101 e. The van der Waals surface area contributed by atoms with Crippen molar-refractivity contribution in [1.29, 1.82) is 0 Å². The molecule has 1 aromatic heterocycles. The van der Waals surface area contributed by atoms with Crippen LogP contribution in [0.2, 0.25) is 0 Å². The van der Waals surface area contributed by atoms with E-state index < -0.39 is 5.60 Å². The summed E-state index contributed by atoms with van der Waals surface area (Å²) in [7, 11) is 0. The first-order valence-corrected chi connectivity index (χ1v) is 20.3. The third-order valence-corrected chi connectivity index (χ3v) is 12.4. The Balaban J connectivity index is 1.06. The highest BCUT2D eigenvalue weighted by Crippen LogP contribution is 2.58. The van der Waals surface area contributed by atoms with Crippen molar-refractivity contribution >= 4 is 33.5 Å². The molecule has 3 aliphatic rings. The number of allylic oxidation sites excluding steroid dienone is 2. The van der Waals surface area contributed by atoms with Crippen molar-refractivity contribution in [2.75, 3.05) is 4.90 Å². The van der Waals surface area contributed by atoms with Crippen molar-refractivity contribution in [3.63, 3.8) is 0 Å². The Morgan fingerprint density at radius 3 is 1.66 bits per heavy atom. The van der Waals surface area contributed by atoms with E-state index in [-0.39, 0.29) is 17.9 Å². The zero-order chi connectivity index (χ0) is 38.6. The van der Waals surface area contributed by atoms with Gasteiger partial charge < -0.3 is 14.2 Å². The van der Waals surface area contributed by atoms with E-state index in [1.807, 2.05) is 0 Å². The summed E-state index contributed by atoms with van der Waals surface area (Å²) in [6.07, 6.45) is 11.5. The molecule has 0 radical (unpaired) electrons. The van der Waals surface area contributed by atoms with Crippen LogP contribution in [0.4, 0.5) is 17.1 Å². The Morgan fingerprint density at radius 1 is 0.500 bits per heavy atom. The van der Waals surface area contributed by atoms with Crippen molar-refractivity contribution in [3.8, 4) is 27.9 Å². The summed E-state index contributed by atoms with van der Waals surface area (Å²) in [5.41, 5.74) is 14.8. The van der Waals surface area contributed by atoms with E-state index in [2.05, 4.69) is 235 Å². The average Bonchev–Trinajstić information content (AvgIpc) is 3.80. The molecular weight excluding hydrogens is 705 g/mol. The first kappa shape index (κ1) is 34.3. The zero-order valence-corrected chi connectivity index (χ0v) is 32.3. The van der Waals surface area contributed by atoms with E-state index in [1.165, 1.54) is 55.6 Å². The molecule has 0 N–H and O–H groups in total. The van der Waals surface area contributed by atoms with Crippen molar-refractivity contribution < 1.29 is 4.74 Å². The van der Waals surface area contributed by atoms with E-state index >= 15 is 0 Å². The van der Waals surface area contributed by atoms with Gasteiger partial charge >= 0.3 is 0 Å². The topological polar surface area (TPSA) is 17.4 Å². The molecule has 4 atom stereocenters. The number of benzene rings is 7. The first-order valence-electron chi connectivity index (χ1n) is 20.3. The van der Waals surface area contributed by atoms with Gasteiger partial charge in [-0.05, 0) is 89.3 Å². The minimum Gasteiger partial charge on any atom is -0.362 e. The number of aromatic nitrogens is 1. The summed E-state index contributed by atoms with van der Waals surface area (Å²) in [6.45, 7) is 2.32. The van der Waals surface area contributed by atoms with Crippen LogP contribution in [0.3, 0.4) is 0 Å². The molecule has 8 aromatic rings. The van der Waals surface area contributed by atoms with Crippen molar-refractivity contribution in [1.82, 2.24) is 4.57 Å². The largest absolute Gasteiger partial charge is 0.362 e. The van der Waals surface area contributed by atoms with Crippen LogP contribution in [0.5, 0.6) is 0 Å². The van der Waals surface area contributed by atoms with Gasteiger partial charge in [0.15, 0.2) is 0 Å². The Morgan fingerprint density at radius 2 is 1.00 bits per heavy atom. The summed E-state index contributed by atoms with van der Waals surface area (Å²) < 4.78 is 9.66. The molecule has 2 aliphatic carbocycles. The van der Waals surface area contributed by atoms with Crippen LogP contribution in [0.15, 0.2) is 218 Å². The number of anilines is 3. The minimum absolute atomic E-state index is 0.0241. The van der Waals surface area contributed by atoms with Gasteiger partial charge in [0, 0.05) is 51.1 Å². The minimum atomic E-state index is -0.516. The van der Waals surface area contributed by atoms with E-state index in [9.17, 15) is 0 Å². The Hall–Kier alpha value is -6.94. The normalized spacial score (nSPS) is 20.3. The van der Waals surface area contributed by atoms with Gasteiger partial charge in [0.25, 0.3) is 0 Å². The zero-order valence-electron chi connectivity index (χ0n) is 32.3. The summed E-state index contributed by atoms with van der Waals surface area (Å²) in [5.74, 6) is 0.429. The molecule has 3 heteroatoms. The first-order chi connectivity index (χ1) is 28.6. The molecule has 1 fully saturated rings. The van der Waals surface area contributed by atoms with Crippen LogP contribution in [0, 0.1) is 11.8 Å². The molecule has 0 bridgehead atoms. The summed E-state index contributed by atoms with van der Waals surface area (Å²) >= 11 is 0. The second kappa shape index (κ2) is 13.9. The molecule has 4 unspecified atom stereocenters. The Labute approximate surface area is 340 Å². The molecule has 1 saturated heterocycles. The van der Waals surface area contributed by atoms with Crippen molar-refractivity contribution in [2.45, 2.75) is 18.6 Å². The fourth-order valence-electron chi connectivity index (χ4n) is 9.71. The van der Waals surface area contributed by atoms with Gasteiger partial charge in [-0.15, -0.1) is 0 Å². The summed E-state index contributed by atoms with van der Waals surface area (Å²) in [4.78, 5) is 2.34. The highest BCUT2D eigenvalue weighted by atomic mass is 16.5. The molecule has 11 rings (SSSR count). The predicted octanol–water partition coefficient (Wildman–Crippen LogP) is 13.9. The van der Waals surface area contributed by atoms with Gasteiger partial charge in [0.1, 0.15) is 5.60 Å². The van der Waals surface area contributed by atoms with Crippen LogP contribution in [0.25, 0.3) is 44.4 Å². The van der Waals surface area contributed by atoms with Gasteiger partial charge in [-0.1, -0.05) is 164 Å². The third kappa shape index (κ3) is 5.62. The summed E-state index contributed by atoms with van der Waals surface area (Å²) in [6, 6.07) is 67.8. The maximum absolute atomic E-state index is 7.18. The van der Waals surface area contributed by atoms with Gasteiger partial charge in [-0.25, -0.2) is 0 Å². The highest BCUT2D eigenvalue weighted by Gasteiger charge is 2.55. The highest BCUT2D eigenvalue weighted by molar-refractivity contribution is 5.97. The van der Waals surface area contributed by atoms with Gasteiger partial charge in [-0.2, -0.15) is 0 Å². The fourth-order valence-corrected chi connectivity index (χ4v) is 9.71. The van der Waals surface area contributed by atoms with Crippen LogP contribution < -0.4 is 4.90 Å². The number of para-hydroxylation sites is 2. The maximum Gasteiger partial charge on any atom is 0.101 e. The van der Waals surface area contributed by atoms with Gasteiger partial charge in [0.2, 0.25) is 0 Å².